The van der Waals surface area contributed by atoms with Crippen LogP contribution in [0.4, 0.5) is 0 Å². The first-order chi connectivity index (χ1) is 6.22. The molecule has 0 saturated heterocycles. The average Bonchev–Trinajstić information content (AvgIpc) is 2.49. The topological polar surface area (TPSA) is 23.5 Å². The van der Waals surface area contributed by atoms with Crippen LogP contribution in [-0.2, 0) is 6.42 Å². The largest absolute Gasteiger partial charge is 0.395 e. The lowest BCUT2D eigenvalue weighted by atomic mass is 10.3. The van der Waals surface area contributed by atoms with Gasteiger partial charge in [-0.05, 0) is 35.5 Å². The minimum atomic E-state index is 0.241. The summed E-state index contributed by atoms with van der Waals surface area (Å²) in [6.45, 7) is 2.00. The van der Waals surface area contributed by atoms with Gasteiger partial charge in [0.25, 0.3) is 0 Å². The molecule has 0 aliphatic heterocycles. The Bertz CT molecular complexity index is 252. The van der Waals surface area contributed by atoms with Gasteiger partial charge in [-0.15, -0.1) is 11.3 Å². The van der Waals surface area contributed by atoms with E-state index in [1.165, 1.54) is 4.88 Å². The molecule has 0 radical (unpaired) electrons. The molecule has 0 atom stereocenters. The van der Waals surface area contributed by atoms with Crippen molar-refractivity contribution in [1.82, 2.24) is 4.90 Å². The molecule has 2 nitrogen and oxygen atoms in total. The van der Waals surface area contributed by atoms with Gasteiger partial charge in [-0.3, -0.25) is 0 Å². The van der Waals surface area contributed by atoms with Crippen molar-refractivity contribution in [3.63, 3.8) is 0 Å². The van der Waals surface area contributed by atoms with E-state index in [1.807, 2.05) is 7.05 Å². The molecule has 0 fully saturated rings. The van der Waals surface area contributed by atoms with Crippen LogP contribution in [0.15, 0.2) is 15.9 Å². The summed E-state index contributed by atoms with van der Waals surface area (Å²) >= 11 is 5.20. The summed E-state index contributed by atoms with van der Waals surface area (Å²) in [5, 5.41) is 10.8. The fourth-order valence-electron chi connectivity index (χ4n) is 1.07. The number of aliphatic hydroxyl groups excluding tert-OH is 1. The molecule has 0 aliphatic carbocycles. The molecule has 1 aromatic rings. The third-order valence-corrected chi connectivity index (χ3v) is 3.60. The van der Waals surface area contributed by atoms with Crippen LogP contribution in [0.25, 0.3) is 0 Å². The van der Waals surface area contributed by atoms with E-state index in [-0.39, 0.29) is 6.61 Å². The summed E-state index contributed by atoms with van der Waals surface area (Å²) in [5.74, 6) is 0. The third-order valence-electron chi connectivity index (χ3n) is 1.84. The maximum Gasteiger partial charge on any atom is 0.0558 e. The number of nitrogens with zero attached hydrogens (tertiary/aromatic N) is 1. The highest BCUT2D eigenvalue weighted by molar-refractivity contribution is 9.10. The van der Waals surface area contributed by atoms with E-state index in [0.717, 1.165) is 24.0 Å². The number of rotatable bonds is 5. The molecule has 1 aromatic heterocycles. The molecule has 74 valence electrons. The summed E-state index contributed by atoms with van der Waals surface area (Å²) in [5.41, 5.74) is 0. The molecule has 0 saturated carbocycles. The van der Waals surface area contributed by atoms with Gasteiger partial charge in [-0.1, -0.05) is 0 Å². The van der Waals surface area contributed by atoms with Gasteiger partial charge in [0.15, 0.2) is 0 Å². The Morgan fingerprint density at radius 2 is 2.31 bits per heavy atom. The SMILES string of the molecule is CN(CCO)CCc1cc(Br)cs1. The minimum Gasteiger partial charge on any atom is -0.395 e. The Morgan fingerprint density at radius 3 is 2.85 bits per heavy atom. The summed E-state index contributed by atoms with van der Waals surface area (Å²) in [7, 11) is 2.03. The summed E-state index contributed by atoms with van der Waals surface area (Å²) in [4.78, 5) is 3.52. The summed E-state index contributed by atoms with van der Waals surface area (Å²) < 4.78 is 1.16. The Kier molecular flexibility index (Phi) is 4.94. The van der Waals surface area contributed by atoms with E-state index in [1.54, 1.807) is 11.3 Å². The lowest BCUT2D eigenvalue weighted by Crippen LogP contribution is -2.24. The maximum absolute atomic E-state index is 8.69. The van der Waals surface area contributed by atoms with Crippen molar-refractivity contribution in [2.24, 2.45) is 0 Å². The minimum absolute atomic E-state index is 0.241. The van der Waals surface area contributed by atoms with Gasteiger partial charge in [0.2, 0.25) is 0 Å². The molecule has 0 aliphatic rings. The number of aliphatic hydroxyl groups is 1. The molecular formula is C9H14BrNOS. The quantitative estimate of drug-likeness (QED) is 0.879. The molecule has 0 amide bonds. The van der Waals surface area contributed by atoms with Gasteiger partial charge < -0.3 is 10.0 Å². The van der Waals surface area contributed by atoms with E-state index < -0.39 is 0 Å². The van der Waals surface area contributed by atoms with Crippen molar-refractivity contribution >= 4 is 27.3 Å². The standard InChI is InChI=1S/C9H14BrNOS/c1-11(4-5-12)3-2-9-6-8(10)7-13-9/h6-7,12H,2-5H2,1H3. The van der Waals surface area contributed by atoms with Gasteiger partial charge in [-0.2, -0.15) is 0 Å². The Hall–Kier alpha value is 0.1000. The Morgan fingerprint density at radius 1 is 1.54 bits per heavy atom. The number of hydrogen-bond donors (Lipinski definition) is 1. The van der Waals surface area contributed by atoms with Crippen molar-refractivity contribution in [3.8, 4) is 0 Å². The number of hydrogen-bond acceptors (Lipinski definition) is 3. The van der Waals surface area contributed by atoms with Crippen LogP contribution >= 0.6 is 27.3 Å². The van der Waals surface area contributed by atoms with Crippen LogP contribution in [0, 0.1) is 0 Å². The smallest absolute Gasteiger partial charge is 0.0558 e. The van der Waals surface area contributed by atoms with Gasteiger partial charge in [0.1, 0.15) is 0 Å². The third kappa shape index (κ3) is 4.22. The highest BCUT2D eigenvalue weighted by atomic mass is 79.9. The monoisotopic (exact) mass is 263 g/mol. The van der Waals surface area contributed by atoms with Gasteiger partial charge in [0, 0.05) is 27.8 Å². The van der Waals surface area contributed by atoms with Crippen LogP contribution in [0.5, 0.6) is 0 Å². The van der Waals surface area contributed by atoms with Crippen LogP contribution in [-0.4, -0.2) is 36.8 Å². The Balaban J connectivity index is 2.26. The van der Waals surface area contributed by atoms with Crippen LogP contribution < -0.4 is 0 Å². The first-order valence-corrected chi connectivity index (χ1v) is 5.92. The molecule has 0 bridgehead atoms. The second-order valence-corrected chi connectivity index (χ2v) is 4.92. The zero-order chi connectivity index (χ0) is 9.68. The number of halogens is 1. The second-order valence-electron chi connectivity index (χ2n) is 3.01. The molecule has 13 heavy (non-hydrogen) atoms. The zero-order valence-corrected chi connectivity index (χ0v) is 10.1. The Labute approximate surface area is 91.3 Å². The van der Waals surface area contributed by atoms with Crippen LogP contribution in [0.2, 0.25) is 0 Å². The second kappa shape index (κ2) is 5.75. The average molecular weight is 264 g/mol. The lowest BCUT2D eigenvalue weighted by molar-refractivity contribution is 0.223. The molecular weight excluding hydrogens is 250 g/mol. The van der Waals surface area contributed by atoms with Crippen molar-refractivity contribution in [3.05, 3.63) is 20.8 Å². The van der Waals surface area contributed by atoms with Crippen LogP contribution in [0.1, 0.15) is 4.88 Å². The van der Waals surface area contributed by atoms with Crippen molar-refractivity contribution in [2.45, 2.75) is 6.42 Å². The lowest BCUT2D eigenvalue weighted by Gasteiger charge is -2.13. The fraction of sp³-hybridized carbons (Fsp3) is 0.556. The molecule has 4 heteroatoms. The molecule has 0 unspecified atom stereocenters. The predicted molar refractivity (Wildman–Crippen MR) is 60.3 cm³/mol. The molecule has 0 spiro atoms. The van der Waals surface area contributed by atoms with E-state index in [4.69, 9.17) is 5.11 Å². The van der Waals surface area contributed by atoms with E-state index in [0.29, 0.717) is 0 Å². The fourth-order valence-corrected chi connectivity index (χ4v) is 2.51. The highest BCUT2D eigenvalue weighted by Gasteiger charge is 2.00. The van der Waals surface area contributed by atoms with Gasteiger partial charge in [0.05, 0.1) is 6.61 Å². The van der Waals surface area contributed by atoms with Crippen LogP contribution in [0.3, 0.4) is 0 Å². The van der Waals surface area contributed by atoms with Crippen molar-refractivity contribution < 1.29 is 5.11 Å². The molecule has 0 aromatic carbocycles. The van der Waals surface area contributed by atoms with Gasteiger partial charge >= 0.3 is 0 Å². The van der Waals surface area contributed by atoms with Crippen molar-refractivity contribution in [1.29, 1.82) is 0 Å². The summed E-state index contributed by atoms with van der Waals surface area (Å²) in [6.07, 6.45) is 1.06. The maximum atomic E-state index is 8.69. The molecule has 1 rings (SSSR count). The summed E-state index contributed by atoms with van der Waals surface area (Å²) in [6, 6.07) is 2.15. The van der Waals surface area contributed by atoms with E-state index in [9.17, 15) is 0 Å². The van der Waals surface area contributed by atoms with E-state index in [2.05, 4.69) is 32.3 Å². The first kappa shape index (κ1) is 11.2. The number of thiophene rings is 1. The van der Waals surface area contributed by atoms with E-state index >= 15 is 0 Å². The first-order valence-electron chi connectivity index (χ1n) is 4.24. The van der Waals surface area contributed by atoms with Crippen molar-refractivity contribution in [2.75, 3.05) is 26.7 Å². The van der Waals surface area contributed by atoms with Gasteiger partial charge in [-0.25, -0.2) is 0 Å². The molecule has 1 heterocycles. The highest BCUT2D eigenvalue weighted by Crippen LogP contribution is 2.20. The predicted octanol–water partition coefficient (Wildman–Crippen LogP) is 1.98. The normalized spacial score (nSPS) is 11.1. The molecule has 1 N–H and O–H groups in total. The zero-order valence-electron chi connectivity index (χ0n) is 7.66. The number of likely N-dealkylation sites (N-methyl/N-ethyl adjacent to an activating group) is 1.